The SMILES string of the molecule is Cl[C@H]1c2ccccc2CC[C@@H]1Br. The lowest BCUT2D eigenvalue weighted by Crippen LogP contribution is -2.16. The maximum atomic E-state index is 6.25. The van der Waals surface area contributed by atoms with E-state index in [4.69, 9.17) is 11.6 Å². The Hall–Kier alpha value is -0.0100. The first-order valence-electron chi connectivity index (χ1n) is 4.15. The Morgan fingerprint density at radius 1 is 1.33 bits per heavy atom. The quantitative estimate of drug-likeness (QED) is 0.612. The highest BCUT2D eigenvalue weighted by atomic mass is 79.9. The van der Waals surface area contributed by atoms with E-state index in [0.29, 0.717) is 4.83 Å². The third-order valence-corrected chi connectivity index (χ3v) is 4.19. The second-order valence-corrected chi connectivity index (χ2v) is 4.80. The van der Waals surface area contributed by atoms with Gasteiger partial charge in [0.2, 0.25) is 0 Å². The maximum absolute atomic E-state index is 6.25. The molecule has 2 atom stereocenters. The molecule has 0 aromatic heterocycles. The number of aryl methyl sites for hydroxylation is 1. The van der Waals surface area contributed by atoms with Crippen molar-refractivity contribution in [1.82, 2.24) is 0 Å². The van der Waals surface area contributed by atoms with Gasteiger partial charge in [0.05, 0.1) is 5.38 Å². The summed E-state index contributed by atoms with van der Waals surface area (Å²) < 4.78 is 0. The van der Waals surface area contributed by atoms with E-state index in [0.717, 1.165) is 12.8 Å². The Kier molecular flexibility index (Phi) is 2.42. The fourth-order valence-corrected chi connectivity index (χ4v) is 2.52. The average Bonchev–Trinajstić information content (AvgIpc) is 2.12. The number of benzene rings is 1. The summed E-state index contributed by atoms with van der Waals surface area (Å²) >= 11 is 9.84. The molecule has 0 saturated carbocycles. The molecule has 0 aliphatic heterocycles. The van der Waals surface area contributed by atoms with E-state index in [-0.39, 0.29) is 5.38 Å². The summed E-state index contributed by atoms with van der Waals surface area (Å²) in [6.45, 7) is 0. The highest BCUT2D eigenvalue weighted by Gasteiger charge is 2.24. The van der Waals surface area contributed by atoms with Gasteiger partial charge in [-0.2, -0.15) is 0 Å². The van der Waals surface area contributed by atoms with Gasteiger partial charge in [-0.3, -0.25) is 0 Å². The predicted octanol–water partition coefficient (Wildman–Crippen LogP) is 3.68. The van der Waals surface area contributed by atoms with Crippen molar-refractivity contribution < 1.29 is 0 Å². The van der Waals surface area contributed by atoms with Gasteiger partial charge in [0.1, 0.15) is 0 Å². The van der Waals surface area contributed by atoms with Gasteiger partial charge in [-0.1, -0.05) is 40.2 Å². The summed E-state index contributed by atoms with van der Waals surface area (Å²) in [5.41, 5.74) is 2.71. The second kappa shape index (κ2) is 3.39. The first-order chi connectivity index (χ1) is 5.79. The molecular weight excluding hydrogens is 235 g/mol. The van der Waals surface area contributed by atoms with E-state index in [1.54, 1.807) is 0 Å². The van der Waals surface area contributed by atoms with Crippen molar-refractivity contribution in [2.24, 2.45) is 0 Å². The lowest BCUT2D eigenvalue weighted by molar-refractivity contribution is 0.694. The molecule has 1 aliphatic rings. The van der Waals surface area contributed by atoms with Gasteiger partial charge in [0.25, 0.3) is 0 Å². The molecule has 0 N–H and O–H groups in total. The Morgan fingerprint density at radius 3 is 2.92 bits per heavy atom. The normalized spacial score (nSPS) is 28.2. The summed E-state index contributed by atoms with van der Waals surface area (Å²) in [7, 11) is 0. The predicted molar refractivity (Wildman–Crippen MR) is 56.1 cm³/mol. The van der Waals surface area contributed by atoms with E-state index in [9.17, 15) is 0 Å². The molecule has 0 unspecified atom stereocenters. The van der Waals surface area contributed by atoms with Crippen LogP contribution in [-0.4, -0.2) is 4.83 Å². The lowest BCUT2D eigenvalue weighted by Gasteiger charge is -2.25. The Balaban J connectivity index is 2.42. The van der Waals surface area contributed by atoms with E-state index in [1.807, 2.05) is 0 Å². The minimum Gasteiger partial charge on any atom is -0.117 e. The van der Waals surface area contributed by atoms with Gasteiger partial charge < -0.3 is 0 Å². The molecule has 64 valence electrons. The molecule has 0 nitrogen and oxygen atoms in total. The van der Waals surface area contributed by atoms with Crippen LogP contribution in [-0.2, 0) is 6.42 Å². The topological polar surface area (TPSA) is 0 Å². The summed E-state index contributed by atoms with van der Waals surface area (Å²) in [4.78, 5) is 0.439. The van der Waals surface area contributed by atoms with Crippen molar-refractivity contribution in [3.63, 3.8) is 0 Å². The number of rotatable bonds is 0. The van der Waals surface area contributed by atoms with Crippen LogP contribution in [0.4, 0.5) is 0 Å². The molecule has 1 aromatic rings. The minimum absolute atomic E-state index is 0.148. The van der Waals surface area contributed by atoms with Crippen molar-refractivity contribution in [3.8, 4) is 0 Å². The maximum Gasteiger partial charge on any atom is 0.0713 e. The van der Waals surface area contributed by atoms with Crippen molar-refractivity contribution in [2.75, 3.05) is 0 Å². The summed E-state index contributed by atoms with van der Waals surface area (Å²) in [6.07, 6.45) is 2.29. The number of fused-ring (bicyclic) bond motifs is 1. The van der Waals surface area contributed by atoms with Crippen LogP contribution in [0.2, 0.25) is 0 Å². The van der Waals surface area contributed by atoms with Crippen LogP contribution in [0.3, 0.4) is 0 Å². The first-order valence-corrected chi connectivity index (χ1v) is 5.50. The number of halogens is 2. The molecule has 0 bridgehead atoms. The second-order valence-electron chi connectivity index (χ2n) is 3.16. The van der Waals surface area contributed by atoms with Crippen molar-refractivity contribution >= 4 is 27.5 Å². The molecule has 0 fully saturated rings. The molecule has 0 saturated heterocycles. The fraction of sp³-hybridized carbons (Fsp3) is 0.400. The molecule has 12 heavy (non-hydrogen) atoms. The molecule has 1 aromatic carbocycles. The monoisotopic (exact) mass is 244 g/mol. The Labute approximate surface area is 86.1 Å². The molecule has 0 radical (unpaired) electrons. The Morgan fingerprint density at radius 2 is 2.08 bits per heavy atom. The molecule has 2 rings (SSSR count). The van der Waals surface area contributed by atoms with E-state index < -0.39 is 0 Å². The molecular formula is C10H10BrCl. The van der Waals surface area contributed by atoms with Gasteiger partial charge in [0.15, 0.2) is 0 Å². The fourth-order valence-electron chi connectivity index (χ4n) is 1.67. The van der Waals surface area contributed by atoms with Crippen LogP contribution in [0.1, 0.15) is 22.9 Å². The third-order valence-electron chi connectivity index (χ3n) is 2.36. The van der Waals surface area contributed by atoms with Crippen molar-refractivity contribution in [1.29, 1.82) is 0 Å². The largest absolute Gasteiger partial charge is 0.117 e. The summed E-state index contributed by atoms with van der Waals surface area (Å²) in [5, 5.41) is 0.148. The van der Waals surface area contributed by atoms with Gasteiger partial charge in [-0.05, 0) is 24.0 Å². The van der Waals surface area contributed by atoms with E-state index in [1.165, 1.54) is 11.1 Å². The van der Waals surface area contributed by atoms with Crippen molar-refractivity contribution in [2.45, 2.75) is 23.0 Å². The van der Waals surface area contributed by atoms with Crippen LogP contribution in [0.15, 0.2) is 24.3 Å². The number of alkyl halides is 2. The molecule has 0 heterocycles. The zero-order valence-corrected chi connectivity index (χ0v) is 8.98. The zero-order valence-electron chi connectivity index (χ0n) is 6.63. The van der Waals surface area contributed by atoms with Crippen molar-refractivity contribution in [3.05, 3.63) is 35.4 Å². The molecule has 2 heteroatoms. The molecule has 1 aliphatic carbocycles. The average molecular weight is 246 g/mol. The number of hydrogen-bond acceptors (Lipinski definition) is 0. The van der Waals surface area contributed by atoms with Gasteiger partial charge >= 0.3 is 0 Å². The summed E-state index contributed by atoms with van der Waals surface area (Å²) in [6, 6.07) is 8.43. The van der Waals surface area contributed by atoms with Gasteiger partial charge in [-0.15, -0.1) is 11.6 Å². The lowest BCUT2D eigenvalue weighted by atomic mass is 9.91. The zero-order chi connectivity index (χ0) is 8.55. The van der Waals surface area contributed by atoms with E-state index >= 15 is 0 Å². The summed E-state index contributed by atoms with van der Waals surface area (Å²) in [5.74, 6) is 0. The number of hydrogen-bond donors (Lipinski definition) is 0. The highest BCUT2D eigenvalue weighted by Crippen LogP contribution is 2.38. The molecule has 0 amide bonds. The first kappa shape index (κ1) is 8.58. The minimum atomic E-state index is 0.148. The van der Waals surface area contributed by atoms with Crippen LogP contribution < -0.4 is 0 Å². The van der Waals surface area contributed by atoms with Gasteiger partial charge in [0, 0.05) is 4.83 Å². The van der Waals surface area contributed by atoms with Crippen LogP contribution >= 0.6 is 27.5 Å². The standard InChI is InChI=1S/C10H10BrCl/c11-9-6-5-7-3-1-2-4-8(7)10(9)12/h1-4,9-10H,5-6H2/t9-,10-/m0/s1. The van der Waals surface area contributed by atoms with Crippen LogP contribution in [0, 0.1) is 0 Å². The third kappa shape index (κ3) is 1.40. The van der Waals surface area contributed by atoms with Crippen LogP contribution in [0.5, 0.6) is 0 Å². The smallest absolute Gasteiger partial charge is 0.0713 e. The van der Waals surface area contributed by atoms with Gasteiger partial charge in [-0.25, -0.2) is 0 Å². The Bertz CT molecular complexity index is 285. The molecule has 0 spiro atoms. The van der Waals surface area contributed by atoms with E-state index in [2.05, 4.69) is 40.2 Å². The highest BCUT2D eigenvalue weighted by molar-refractivity contribution is 9.09. The van der Waals surface area contributed by atoms with Crippen LogP contribution in [0.25, 0.3) is 0 Å².